The van der Waals surface area contributed by atoms with Gasteiger partial charge in [-0.25, -0.2) is 0 Å². The summed E-state index contributed by atoms with van der Waals surface area (Å²) in [6, 6.07) is 3.87. The Balaban J connectivity index is 1.49. The number of carbonyl (C=O) groups excluding carboxylic acids is 3. The van der Waals surface area contributed by atoms with Crippen LogP contribution in [0.2, 0.25) is 0 Å². The summed E-state index contributed by atoms with van der Waals surface area (Å²) in [6.45, 7) is 2.87. The quantitative estimate of drug-likeness (QED) is 0.597. The van der Waals surface area contributed by atoms with E-state index in [1.165, 1.54) is 7.05 Å². The lowest BCUT2D eigenvalue weighted by molar-refractivity contribution is -0.189. The van der Waals surface area contributed by atoms with Crippen molar-refractivity contribution in [3.63, 3.8) is 0 Å². The van der Waals surface area contributed by atoms with Gasteiger partial charge >= 0.3 is 0 Å². The zero-order valence-corrected chi connectivity index (χ0v) is 17.3. The average Bonchev–Trinajstić information content (AvgIpc) is 3.07. The van der Waals surface area contributed by atoms with Gasteiger partial charge in [0.25, 0.3) is 0 Å². The van der Waals surface area contributed by atoms with Crippen molar-refractivity contribution < 1.29 is 24.2 Å². The zero-order chi connectivity index (χ0) is 21.3. The third kappa shape index (κ3) is 2.37. The molecule has 5 rings (SSSR count). The normalized spacial score (nSPS) is 33.5. The number of hydrogen-bond donors (Lipinski definition) is 3. The Morgan fingerprint density at radius 3 is 2.87 bits per heavy atom. The highest BCUT2D eigenvalue weighted by atomic mass is 16.5. The first kappa shape index (κ1) is 19.5. The Morgan fingerprint density at radius 1 is 1.30 bits per heavy atom. The highest BCUT2D eigenvalue weighted by molar-refractivity contribution is 5.96. The van der Waals surface area contributed by atoms with Crippen molar-refractivity contribution in [1.82, 2.24) is 15.5 Å². The Labute approximate surface area is 174 Å². The first-order valence-electron chi connectivity index (χ1n) is 10.6. The van der Waals surface area contributed by atoms with Crippen molar-refractivity contribution in [3.8, 4) is 5.75 Å². The first-order chi connectivity index (χ1) is 14.3. The van der Waals surface area contributed by atoms with Crippen molar-refractivity contribution in [3.05, 3.63) is 28.8 Å². The van der Waals surface area contributed by atoms with E-state index < -0.39 is 17.1 Å². The van der Waals surface area contributed by atoms with Gasteiger partial charge in [-0.2, -0.15) is 0 Å². The summed E-state index contributed by atoms with van der Waals surface area (Å²) < 4.78 is 6.23. The maximum Gasteiger partial charge on any atom is 0.230 e. The number of carbonyl (C=O) groups is 3. The number of nitrogens with zero attached hydrogens (tertiary/aromatic N) is 1. The summed E-state index contributed by atoms with van der Waals surface area (Å²) in [6.07, 6.45) is 1.05. The summed E-state index contributed by atoms with van der Waals surface area (Å²) in [5, 5.41) is 17.3. The van der Waals surface area contributed by atoms with Crippen molar-refractivity contribution in [2.45, 2.75) is 62.2 Å². The number of hydrogen-bond acceptors (Lipinski definition) is 6. The summed E-state index contributed by atoms with van der Waals surface area (Å²) in [7, 11) is 1.50. The molecule has 1 aromatic carbocycles. The van der Waals surface area contributed by atoms with Crippen LogP contribution in [0.5, 0.6) is 5.75 Å². The summed E-state index contributed by atoms with van der Waals surface area (Å²) in [5.74, 6) is 0.151. The van der Waals surface area contributed by atoms with Crippen molar-refractivity contribution in [1.29, 1.82) is 0 Å². The molecule has 2 fully saturated rings. The molecule has 1 saturated carbocycles. The monoisotopic (exact) mass is 413 g/mol. The Morgan fingerprint density at radius 2 is 2.10 bits per heavy atom. The Hall–Kier alpha value is -2.45. The lowest BCUT2D eigenvalue weighted by Gasteiger charge is -2.62. The lowest BCUT2D eigenvalue weighted by Crippen LogP contribution is -2.77. The number of rotatable bonds is 4. The highest BCUT2D eigenvalue weighted by Gasteiger charge is 2.72. The van der Waals surface area contributed by atoms with Gasteiger partial charge in [0.05, 0.1) is 17.7 Å². The van der Waals surface area contributed by atoms with E-state index in [1.54, 1.807) is 0 Å². The van der Waals surface area contributed by atoms with Crippen LogP contribution in [0.3, 0.4) is 0 Å². The third-order valence-electron chi connectivity index (χ3n) is 7.67. The fraction of sp³-hybridized carbons (Fsp3) is 0.591. The maximum atomic E-state index is 12.9. The molecular weight excluding hydrogens is 386 g/mol. The Kier molecular flexibility index (Phi) is 4.24. The summed E-state index contributed by atoms with van der Waals surface area (Å²) >= 11 is 0. The van der Waals surface area contributed by atoms with Crippen LogP contribution in [0.4, 0.5) is 0 Å². The first-order valence-corrected chi connectivity index (χ1v) is 10.6. The molecule has 1 saturated heterocycles. The fourth-order valence-corrected chi connectivity index (χ4v) is 6.24. The number of piperidine rings is 1. The molecule has 0 radical (unpaired) electrons. The minimum absolute atomic E-state index is 0.0641. The Bertz CT molecular complexity index is 962. The SMILES string of the molecule is CNC(=O)CC(=O)NCN1CC[C@]23c4c5ccc(C)c4OC2C(=O)CC[C@@]3(O)[C@H]1C5. The number of ketones is 1. The van der Waals surface area contributed by atoms with Crippen LogP contribution in [0, 0.1) is 6.92 Å². The smallest absolute Gasteiger partial charge is 0.230 e. The van der Waals surface area contributed by atoms with E-state index in [9.17, 15) is 19.5 Å². The molecule has 160 valence electrons. The van der Waals surface area contributed by atoms with Gasteiger partial charge in [-0.3, -0.25) is 19.3 Å². The minimum atomic E-state index is -1.10. The summed E-state index contributed by atoms with van der Waals surface area (Å²) in [5.41, 5.74) is 1.33. The second-order valence-electron chi connectivity index (χ2n) is 9.00. The summed E-state index contributed by atoms with van der Waals surface area (Å²) in [4.78, 5) is 38.5. The fourth-order valence-electron chi connectivity index (χ4n) is 6.24. The molecule has 0 aromatic heterocycles. The molecule has 2 bridgehead atoms. The number of aryl methyl sites for hydroxylation is 1. The van der Waals surface area contributed by atoms with E-state index >= 15 is 0 Å². The number of nitrogens with one attached hydrogen (secondary N) is 2. The lowest BCUT2D eigenvalue weighted by atomic mass is 9.49. The molecule has 8 heteroatoms. The second-order valence-corrected chi connectivity index (χ2v) is 9.00. The van der Waals surface area contributed by atoms with Gasteiger partial charge in [-0.05, 0) is 37.3 Å². The molecule has 2 aliphatic carbocycles. The molecule has 8 nitrogen and oxygen atoms in total. The molecule has 2 amide bonds. The van der Waals surface area contributed by atoms with Crippen LogP contribution in [0.1, 0.15) is 42.4 Å². The molecule has 1 unspecified atom stereocenters. The van der Waals surface area contributed by atoms with Crippen LogP contribution in [0.25, 0.3) is 0 Å². The number of ether oxygens (including phenoxy) is 1. The van der Waals surface area contributed by atoms with Crippen LogP contribution in [-0.2, 0) is 26.2 Å². The largest absolute Gasteiger partial charge is 0.481 e. The molecule has 4 atom stereocenters. The molecule has 4 aliphatic rings. The topological polar surface area (TPSA) is 108 Å². The molecule has 30 heavy (non-hydrogen) atoms. The highest BCUT2D eigenvalue weighted by Crippen LogP contribution is 2.63. The molecule has 1 spiro atoms. The maximum absolute atomic E-state index is 12.9. The van der Waals surface area contributed by atoms with Crippen LogP contribution < -0.4 is 15.4 Å². The van der Waals surface area contributed by atoms with E-state index in [1.807, 2.05) is 13.0 Å². The van der Waals surface area contributed by atoms with Gasteiger partial charge in [0.2, 0.25) is 11.8 Å². The molecule has 1 aromatic rings. The van der Waals surface area contributed by atoms with Gasteiger partial charge in [-0.1, -0.05) is 12.1 Å². The van der Waals surface area contributed by atoms with Crippen molar-refractivity contribution in [2.75, 3.05) is 20.3 Å². The number of Topliss-reactive ketones (excluding diaryl/α,β-unsaturated/α-hetero) is 1. The van der Waals surface area contributed by atoms with E-state index in [4.69, 9.17) is 4.74 Å². The predicted octanol–water partition coefficient (Wildman–Crippen LogP) is -0.0720. The molecular formula is C22H27N3O5. The van der Waals surface area contributed by atoms with Gasteiger partial charge < -0.3 is 20.5 Å². The number of benzene rings is 1. The van der Waals surface area contributed by atoms with Crippen molar-refractivity contribution >= 4 is 17.6 Å². The molecule has 2 aliphatic heterocycles. The zero-order valence-electron chi connectivity index (χ0n) is 17.3. The second kappa shape index (κ2) is 6.52. The van der Waals surface area contributed by atoms with E-state index in [0.717, 1.165) is 22.4 Å². The van der Waals surface area contributed by atoms with Crippen LogP contribution in [-0.4, -0.2) is 65.6 Å². The van der Waals surface area contributed by atoms with E-state index in [2.05, 4.69) is 21.6 Å². The molecule has 2 heterocycles. The average molecular weight is 413 g/mol. The van der Waals surface area contributed by atoms with E-state index in [0.29, 0.717) is 32.2 Å². The van der Waals surface area contributed by atoms with Crippen LogP contribution in [0.15, 0.2) is 12.1 Å². The van der Waals surface area contributed by atoms with Crippen LogP contribution >= 0.6 is 0 Å². The van der Waals surface area contributed by atoms with Gasteiger partial charge in [0, 0.05) is 31.6 Å². The third-order valence-corrected chi connectivity index (χ3v) is 7.67. The predicted molar refractivity (Wildman–Crippen MR) is 107 cm³/mol. The van der Waals surface area contributed by atoms with Gasteiger partial charge in [0.1, 0.15) is 12.2 Å². The standard InChI is InChI=1S/C22H27N3O5/c1-12-3-4-13-9-15-22(29)6-5-14(26)20-21(22,18(13)19(12)30-20)7-8-25(15)11-24-17(28)10-16(27)23-2/h3-4,15,20,29H,5-11H2,1-2H3,(H,23,27)(H,24,28)/t15-,20?,21+,22-/m1/s1. The van der Waals surface area contributed by atoms with Gasteiger partial charge in [0.15, 0.2) is 11.9 Å². The number of likely N-dealkylation sites (tertiary alicyclic amines) is 1. The van der Waals surface area contributed by atoms with E-state index in [-0.39, 0.29) is 36.7 Å². The number of aliphatic hydroxyl groups is 1. The van der Waals surface area contributed by atoms with Crippen molar-refractivity contribution in [2.24, 2.45) is 0 Å². The molecule has 3 N–H and O–H groups in total. The number of amides is 2. The van der Waals surface area contributed by atoms with Gasteiger partial charge in [-0.15, -0.1) is 0 Å². The minimum Gasteiger partial charge on any atom is -0.481 e.